The van der Waals surface area contributed by atoms with Crippen molar-refractivity contribution in [1.29, 1.82) is 0 Å². The Morgan fingerprint density at radius 1 is 1.30 bits per heavy atom. The maximum absolute atomic E-state index is 12.6. The van der Waals surface area contributed by atoms with Crippen LogP contribution >= 0.6 is 0 Å². The van der Waals surface area contributed by atoms with Crippen molar-refractivity contribution in [3.63, 3.8) is 0 Å². The number of ketones is 1. The van der Waals surface area contributed by atoms with Crippen LogP contribution in [0.5, 0.6) is 5.75 Å². The SMILES string of the molecule is CN(C)CCOc1ccccc1C(=O)C1CCOCC1. The van der Waals surface area contributed by atoms with E-state index < -0.39 is 0 Å². The molecule has 1 aromatic carbocycles. The number of carbonyl (C=O) groups excluding carboxylic acids is 1. The van der Waals surface area contributed by atoms with Gasteiger partial charge in [0, 0.05) is 25.7 Å². The van der Waals surface area contributed by atoms with Crippen molar-refractivity contribution in [2.24, 2.45) is 5.92 Å². The van der Waals surface area contributed by atoms with Crippen LogP contribution in [-0.2, 0) is 4.74 Å². The summed E-state index contributed by atoms with van der Waals surface area (Å²) in [4.78, 5) is 14.6. The highest BCUT2D eigenvalue weighted by Crippen LogP contribution is 2.26. The summed E-state index contributed by atoms with van der Waals surface area (Å²) in [5, 5.41) is 0. The van der Waals surface area contributed by atoms with Crippen LogP contribution in [0.3, 0.4) is 0 Å². The molecule has 0 unspecified atom stereocenters. The molecule has 1 heterocycles. The third-order valence-corrected chi connectivity index (χ3v) is 3.54. The lowest BCUT2D eigenvalue weighted by molar-refractivity contribution is 0.0542. The summed E-state index contributed by atoms with van der Waals surface area (Å²) in [7, 11) is 4.00. The van der Waals surface area contributed by atoms with Crippen LogP contribution in [0.1, 0.15) is 23.2 Å². The number of hydrogen-bond acceptors (Lipinski definition) is 4. The van der Waals surface area contributed by atoms with Gasteiger partial charge in [-0.15, -0.1) is 0 Å². The third-order valence-electron chi connectivity index (χ3n) is 3.54. The maximum Gasteiger partial charge on any atom is 0.169 e. The highest BCUT2D eigenvalue weighted by atomic mass is 16.5. The lowest BCUT2D eigenvalue weighted by Crippen LogP contribution is -2.24. The number of Topliss-reactive ketones (excluding diaryl/α,β-unsaturated/α-hetero) is 1. The minimum Gasteiger partial charge on any atom is -0.491 e. The van der Waals surface area contributed by atoms with E-state index in [1.807, 2.05) is 38.4 Å². The minimum atomic E-state index is 0.0716. The van der Waals surface area contributed by atoms with Crippen LogP contribution in [0.4, 0.5) is 0 Å². The second kappa shape index (κ2) is 7.41. The summed E-state index contributed by atoms with van der Waals surface area (Å²) in [5.41, 5.74) is 0.707. The van der Waals surface area contributed by atoms with Crippen molar-refractivity contribution >= 4 is 5.78 Å². The van der Waals surface area contributed by atoms with Crippen LogP contribution < -0.4 is 4.74 Å². The number of para-hydroxylation sites is 1. The Kier molecular flexibility index (Phi) is 5.56. The highest BCUT2D eigenvalue weighted by Gasteiger charge is 2.24. The molecule has 0 aliphatic carbocycles. The fraction of sp³-hybridized carbons (Fsp3) is 0.562. The summed E-state index contributed by atoms with van der Waals surface area (Å²) < 4.78 is 11.1. The van der Waals surface area contributed by atoms with Gasteiger partial charge in [-0.3, -0.25) is 4.79 Å². The predicted molar refractivity (Wildman–Crippen MR) is 78.4 cm³/mol. The number of ether oxygens (including phenoxy) is 2. The molecular weight excluding hydrogens is 254 g/mol. The van der Waals surface area contributed by atoms with E-state index in [4.69, 9.17) is 9.47 Å². The predicted octanol–water partition coefficient (Wildman–Crippen LogP) is 2.24. The van der Waals surface area contributed by atoms with Gasteiger partial charge in [-0.1, -0.05) is 12.1 Å². The molecular formula is C16H23NO3. The normalized spacial score (nSPS) is 16.4. The van der Waals surface area contributed by atoms with E-state index in [0.29, 0.717) is 31.1 Å². The van der Waals surface area contributed by atoms with Gasteiger partial charge in [-0.25, -0.2) is 0 Å². The summed E-state index contributed by atoms with van der Waals surface area (Å²) in [5.74, 6) is 0.960. The fourth-order valence-corrected chi connectivity index (χ4v) is 2.31. The first-order valence-electron chi connectivity index (χ1n) is 7.17. The molecule has 4 heteroatoms. The molecule has 1 aliphatic heterocycles. The van der Waals surface area contributed by atoms with Gasteiger partial charge in [-0.2, -0.15) is 0 Å². The van der Waals surface area contributed by atoms with Crippen molar-refractivity contribution in [2.45, 2.75) is 12.8 Å². The largest absolute Gasteiger partial charge is 0.491 e. The molecule has 110 valence electrons. The highest BCUT2D eigenvalue weighted by molar-refractivity contribution is 6.00. The average molecular weight is 277 g/mol. The van der Waals surface area contributed by atoms with Crippen LogP contribution in [-0.4, -0.2) is 51.1 Å². The molecule has 0 spiro atoms. The number of hydrogen-bond donors (Lipinski definition) is 0. The molecule has 1 fully saturated rings. The van der Waals surface area contributed by atoms with Crippen molar-refractivity contribution < 1.29 is 14.3 Å². The van der Waals surface area contributed by atoms with Gasteiger partial charge in [0.25, 0.3) is 0 Å². The Bertz CT molecular complexity index is 439. The standard InChI is InChI=1S/C16H23NO3/c1-17(2)9-12-20-15-6-4-3-5-14(15)16(18)13-7-10-19-11-8-13/h3-6,13H,7-12H2,1-2H3. The quantitative estimate of drug-likeness (QED) is 0.748. The van der Waals surface area contributed by atoms with Gasteiger partial charge < -0.3 is 14.4 Å². The second-order valence-electron chi connectivity index (χ2n) is 5.40. The lowest BCUT2D eigenvalue weighted by Gasteiger charge is -2.22. The number of rotatable bonds is 6. The molecule has 0 saturated carbocycles. The Hall–Kier alpha value is -1.39. The van der Waals surface area contributed by atoms with Crippen molar-refractivity contribution in [3.05, 3.63) is 29.8 Å². The molecule has 0 bridgehead atoms. The van der Waals surface area contributed by atoms with E-state index in [0.717, 1.165) is 19.4 Å². The maximum atomic E-state index is 12.6. The van der Waals surface area contributed by atoms with Gasteiger partial charge in [0.15, 0.2) is 5.78 Å². The van der Waals surface area contributed by atoms with Gasteiger partial charge in [0.05, 0.1) is 5.56 Å². The Morgan fingerprint density at radius 3 is 2.70 bits per heavy atom. The molecule has 20 heavy (non-hydrogen) atoms. The van der Waals surface area contributed by atoms with Gasteiger partial charge >= 0.3 is 0 Å². The van der Waals surface area contributed by atoms with E-state index in [2.05, 4.69) is 4.90 Å². The Morgan fingerprint density at radius 2 is 2.00 bits per heavy atom. The van der Waals surface area contributed by atoms with Crippen LogP contribution in [0.15, 0.2) is 24.3 Å². The van der Waals surface area contributed by atoms with E-state index >= 15 is 0 Å². The molecule has 0 amide bonds. The zero-order valence-corrected chi connectivity index (χ0v) is 12.3. The number of carbonyl (C=O) groups is 1. The Labute approximate surface area is 120 Å². The molecule has 0 radical (unpaired) electrons. The zero-order valence-electron chi connectivity index (χ0n) is 12.3. The average Bonchev–Trinajstić information content (AvgIpc) is 2.47. The van der Waals surface area contributed by atoms with E-state index in [1.165, 1.54) is 0 Å². The van der Waals surface area contributed by atoms with E-state index in [1.54, 1.807) is 0 Å². The van der Waals surface area contributed by atoms with Crippen molar-refractivity contribution in [2.75, 3.05) is 40.5 Å². The number of likely N-dealkylation sites (N-methyl/N-ethyl adjacent to an activating group) is 1. The number of benzene rings is 1. The van der Waals surface area contributed by atoms with Crippen molar-refractivity contribution in [1.82, 2.24) is 4.90 Å². The zero-order chi connectivity index (χ0) is 14.4. The smallest absolute Gasteiger partial charge is 0.169 e. The van der Waals surface area contributed by atoms with E-state index in [-0.39, 0.29) is 11.7 Å². The van der Waals surface area contributed by atoms with Gasteiger partial charge in [0.2, 0.25) is 0 Å². The molecule has 2 rings (SSSR count). The first-order valence-corrected chi connectivity index (χ1v) is 7.17. The first-order chi connectivity index (χ1) is 9.68. The lowest BCUT2D eigenvalue weighted by atomic mass is 9.90. The van der Waals surface area contributed by atoms with Crippen molar-refractivity contribution in [3.8, 4) is 5.75 Å². The summed E-state index contributed by atoms with van der Waals surface area (Å²) in [6, 6.07) is 7.54. The van der Waals surface area contributed by atoms with Crippen LogP contribution in [0.2, 0.25) is 0 Å². The first kappa shape index (κ1) is 15.0. The molecule has 0 aromatic heterocycles. The summed E-state index contributed by atoms with van der Waals surface area (Å²) in [6.45, 7) is 2.78. The summed E-state index contributed by atoms with van der Waals surface area (Å²) >= 11 is 0. The number of nitrogens with zero attached hydrogens (tertiary/aromatic N) is 1. The molecule has 1 aliphatic rings. The van der Waals surface area contributed by atoms with Crippen LogP contribution in [0.25, 0.3) is 0 Å². The molecule has 0 N–H and O–H groups in total. The summed E-state index contributed by atoms with van der Waals surface area (Å²) in [6.07, 6.45) is 1.62. The Balaban J connectivity index is 2.04. The van der Waals surface area contributed by atoms with Crippen LogP contribution in [0, 0.1) is 5.92 Å². The fourth-order valence-electron chi connectivity index (χ4n) is 2.31. The molecule has 1 aromatic rings. The molecule has 1 saturated heterocycles. The topological polar surface area (TPSA) is 38.8 Å². The monoisotopic (exact) mass is 277 g/mol. The van der Waals surface area contributed by atoms with Gasteiger partial charge in [-0.05, 0) is 39.1 Å². The molecule has 4 nitrogen and oxygen atoms in total. The minimum absolute atomic E-state index is 0.0716. The van der Waals surface area contributed by atoms with E-state index in [9.17, 15) is 4.79 Å². The third kappa shape index (κ3) is 4.05. The second-order valence-corrected chi connectivity index (χ2v) is 5.40. The van der Waals surface area contributed by atoms with Gasteiger partial charge in [0.1, 0.15) is 12.4 Å². The molecule has 0 atom stereocenters.